The number of carbonyl (C=O) groups excluding carboxylic acids is 1. The normalized spacial score (nSPS) is 25.7. The molecule has 114 valence electrons. The van der Waals surface area contributed by atoms with Gasteiger partial charge in [0.25, 0.3) is 0 Å². The monoisotopic (exact) mass is 289 g/mol. The molecule has 3 atom stereocenters. The van der Waals surface area contributed by atoms with E-state index in [-0.39, 0.29) is 18.0 Å². The Morgan fingerprint density at radius 2 is 2.33 bits per heavy atom. The average molecular weight is 289 g/mol. The zero-order valence-corrected chi connectivity index (χ0v) is 12.4. The molecule has 1 aromatic carbocycles. The third kappa shape index (κ3) is 3.04. The smallest absolute Gasteiger partial charge is 0.237 e. The van der Waals surface area contributed by atoms with Crippen LogP contribution in [0.15, 0.2) is 24.3 Å². The van der Waals surface area contributed by atoms with Crippen molar-refractivity contribution in [3.8, 4) is 0 Å². The molecule has 3 unspecified atom stereocenters. The van der Waals surface area contributed by atoms with Crippen LogP contribution < -0.4 is 15.5 Å². The number of carbonyl (C=O) groups is 1. The Labute approximate surface area is 125 Å². The number of para-hydroxylation sites is 1. The molecule has 0 bridgehead atoms. The highest BCUT2D eigenvalue weighted by molar-refractivity contribution is 5.82. The summed E-state index contributed by atoms with van der Waals surface area (Å²) in [6, 6.07) is 8.47. The molecule has 5 heteroatoms. The van der Waals surface area contributed by atoms with Crippen molar-refractivity contribution in [2.45, 2.75) is 38.0 Å². The molecule has 0 aromatic heterocycles. The van der Waals surface area contributed by atoms with Gasteiger partial charge in [-0.15, -0.1) is 0 Å². The van der Waals surface area contributed by atoms with Crippen molar-refractivity contribution in [1.82, 2.24) is 10.6 Å². The molecule has 2 heterocycles. The van der Waals surface area contributed by atoms with Crippen molar-refractivity contribution in [2.24, 2.45) is 0 Å². The van der Waals surface area contributed by atoms with E-state index < -0.39 is 6.10 Å². The first-order valence-corrected chi connectivity index (χ1v) is 7.69. The van der Waals surface area contributed by atoms with E-state index in [0.29, 0.717) is 19.5 Å². The summed E-state index contributed by atoms with van der Waals surface area (Å²) in [5, 5.41) is 15.5. The maximum absolute atomic E-state index is 12.1. The number of aliphatic hydroxyl groups is 1. The van der Waals surface area contributed by atoms with Crippen LogP contribution in [-0.2, 0) is 11.2 Å². The van der Waals surface area contributed by atoms with Gasteiger partial charge in [-0.1, -0.05) is 18.2 Å². The lowest BCUT2D eigenvalue weighted by atomic mass is 10.1. The lowest BCUT2D eigenvalue weighted by Gasteiger charge is -2.28. The largest absolute Gasteiger partial charge is 0.392 e. The molecule has 1 aromatic rings. The zero-order valence-electron chi connectivity index (χ0n) is 12.4. The molecule has 0 saturated carbocycles. The molecule has 0 aliphatic carbocycles. The number of benzene rings is 1. The van der Waals surface area contributed by atoms with Gasteiger partial charge in [-0.3, -0.25) is 4.79 Å². The van der Waals surface area contributed by atoms with E-state index in [9.17, 15) is 9.90 Å². The predicted octanol–water partition coefficient (Wildman–Crippen LogP) is 0.277. The molecular formula is C16H23N3O2. The van der Waals surface area contributed by atoms with Crippen LogP contribution in [0.4, 0.5) is 5.69 Å². The second-order valence-electron chi connectivity index (χ2n) is 6.02. The van der Waals surface area contributed by atoms with Crippen molar-refractivity contribution < 1.29 is 9.90 Å². The maximum Gasteiger partial charge on any atom is 0.237 e. The van der Waals surface area contributed by atoms with Gasteiger partial charge in [0.1, 0.15) is 0 Å². The Morgan fingerprint density at radius 1 is 1.52 bits per heavy atom. The van der Waals surface area contributed by atoms with Gasteiger partial charge in [-0.2, -0.15) is 0 Å². The number of nitrogens with one attached hydrogen (secondary N) is 2. The topological polar surface area (TPSA) is 64.6 Å². The highest BCUT2D eigenvalue weighted by Gasteiger charge is 2.29. The molecule has 1 fully saturated rings. The SMILES string of the molecule is CC(CNC(=O)C1CC(O)CN1)N1CCc2ccccc21. The average Bonchev–Trinajstić information content (AvgIpc) is 3.10. The molecule has 2 aliphatic rings. The first-order chi connectivity index (χ1) is 10.1. The summed E-state index contributed by atoms with van der Waals surface area (Å²) < 4.78 is 0. The Bertz CT molecular complexity index is 520. The van der Waals surface area contributed by atoms with Gasteiger partial charge < -0.3 is 20.6 Å². The van der Waals surface area contributed by atoms with E-state index in [1.807, 2.05) is 0 Å². The van der Waals surface area contributed by atoms with E-state index in [4.69, 9.17) is 0 Å². The maximum atomic E-state index is 12.1. The minimum absolute atomic E-state index is 0.00844. The van der Waals surface area contributed by atoms with Gasteiger partial charge in [0, 0.05) is 31.4 Å². The van der Waals surface area contributed by atoms with Crippen LogP contribution in [0.5, 0.6) is 0 Å². The summed E-state index contributed by atoms with van der Waals surface area (Å²) >= 11 is 0. The van der Waals surface area contributed by atoms with Gasteiger partial charge in [0.05, 0.1) is 12.1 Å². The number of amides is 1. The van der Waals surface area contributed by atoms with Gasteiger partial charge in [0.2, 0.25) is 5.91 Å². The number of fused-ring (bicyclic) bond motifs is 1. The summed E-state index contributed by atoms with van der Waals surface area (Å²) in [6.07, 6.45) is 1.18. The van der Waals surface area contributed by atoms with Gasteiger partial charge in [-0.25, -0.2) is 0 Å². The molecule has 3 N–H and O–H groups in total. The molecule has 3 rings (SSSR count). The zero-order chi connectivity index (χ0) is 14.8. The van der Waals surface area contributed by atoms with Crippen LogP contribution in [0.2, 0.25) is 0 Å². The van der Waals surface area contributed by atoms with E-state index >= 15 is 0 Å². The summed E-state index contributed by atoms with van der Waals surface area (Å²) in [5.74, 6) is -0.00844. The molecule has 21 heavy (non-hydrogen) atoms. The third-order valence-corrected chi connectivity index (χ3v) is 4.45. The quantitative estimate of drug-likeness (QED) is 0.745. The molecule has 2 aliphatic heterocycles. The highest BCUT2D eigenvalue weighted by Crippen LogP contribution is 2.28. The minimum Gasteiger partial charge on any atom is -0.392 e. The van der Waals surface area contributed by atoms with Crippen LogP contribution in [0.1, 0.15) is 18.9 Å². The fourth-order valence-corrected chi connectivity index (χ4v) is 3.22. The van der Waals surface area contributed by atoms with E-state index in [0.717, 1.165) is 13.0 Å². The predicted molar refractivity (Wildman–Crippen MR) is 82.4 cm³/mol. The number of β-amino-alcohol motifs (C(OH)–C–C–N with tert-alkyl or cyclic N) is 1. The lowest BCUT2D eigenvalue weighted by molar-refractivity contribution is -0.123. The number of anilines is 1. The summed E-state index contributed by atoms with van der Waals surface area (Å²) in [7, 11) is 0. The van der Waals surface area contributed by atoms with Crippen molar-refractivity contribution >= 4 is 11.6 Å². The fraction of sp³-hybridized carbons (Fsp3) is 0.562. The standard InChI is InChI=1S/C16H23N3O2/c1-11(9-18-16(21)14-8-13(20)10-17-14)19-7-6-12-4-2-3-5-15(12)19/h2-5,11,13-14,17,20H,6-10H2,1H3,(H,18,21). The van der Waals surface area contributed by atoms with Crippen LogP contribution in [0.3, 0.4) is 0 Å². The van der Waals surface area contributed by atoms with Gasteiger partial charge in [0.15, 0.2) is 0 Å². The summed E-state index contributed by atoms with van der Waals surface area (Å²) in [5.41, 5.74) is 2.67. The lowest BCUT2D eigenvalue weighted by Crippen LogP contribution is -2.46. The number of hydrogen-bond donors (Lipinski definition) is 3. The second-order valence-corrected chi connectivity index (χ2v) is 6.02. The van der Waals surface area contributed by atoms with Crippen molar-refractivity contribution in [1.29, 1.82) is 0 Å². The number of hydrogen-bond acceptors (Lipinski definition) is 4. The molecule has 1 amide bonds. The van der Waals surface area contributed by atoms with Crippen LogP contribution in [0, 0.1) is 0 Å². The Kier molecular flexibility index (Phi) is 4.12. The van der Waals surface area contributed by atoms with Crippen molar-refractivity contribution in [2.75, 3.05) is 24.5 Å². The minimum atomic E-state index is -0.399. The van der Waals surface area contributed by atoms with E-state index in [1.54, 1.807) is 0 Å². The van der Waals surface area contributed by atoms with Crippen LogP contribution >= 0.6 is 0 Å². The van der Waals surface area contributed by atoms with Crippen LogP contribution in [0.25, 0.3) is 0 Å². The first kappa shape index (κ1) is 14.4. The molecule has 0 spiro atoms. The van der Waals surface area contributed by atoms with Crippen molar-refractivity contribution in [3.05, 3.63) is 29.8 Å². The second kappa shape index (κ2) is 6.03. The van der Waals surface area contributed by atoms with Gasteiger partial charge in [-0.05, 0) is 31.4 Å². The first-order valence-electron chi connectivity index (χ1n) is 7.69. The molecule has 0 radical (unpaired) electrons. The molecular weight excluding hydrogens is 266 g/mol. The Morgan fingerprint density at radius 3 is 3.10 bits per heavy atom. The fourth-order valence-electron chi connectivity index (χ4n) is 3.22. The van der Waals surface area contributed by atoms with E-state index in [1.165, 1.54) is 11.3 Å². The number of rotatable bonds is 4. The number of aliphatic hydroxyl groups excluding tert-OH is 1. The third-order valence-electron chi connectivity index (χ3n) is 4.45. The van der Waals surface area contributed by atoms with Gasteiger partial charge >= 0.3 is 0 Å². The summed E-state index contributed by atoms with van der Waals surface area (Å²) in [6.45, 7) is 4.28. The number of nitrogens with zero attached hydrogens (tertiary/aromatic N) is 1. The summed E-state index contributed by atoms with van der Waals surface area (Å²) in [4.78, 5) is 14.4. The molecule has 5 nitrogen and oxygen atoms in total. The Balaban J connectivity index is 1.53. The molecule has 1 saturated heterocycles. The highest BCUT2D eigenvalue weighted by atomic mass is 16.3. The van der Waals surface area contributed by atoms with E-state index in [2.05, 4.69) is 46.7 Å². The Hall–Kier alpha value is -1.59. The van der Waals surface area contributed by atoms with Crippen molar-refractivity contribution in [3.63, 3.8) is 0 Å². The van der Waals surface area contributed by atoms with Crippen LogP contribution in [-0.4, -0.2) is 48.8 Å².